The summed E-state index contributed by atoms with van der Waals surface area (Å²) in [6.07, 6.45) is 6.09. The lowest BCUT2D eigenvalue weighted by Crippen LogP contribution is -2.38. The van der Waals surface area contributed by atoms with Crippen LogP contribution in [0, 0.1) is 5.92 Å². The predicted molar refractivity (Wildman–Crippen MR) is 80.2 cm³/mol. The lowest BCUT2D eigenvalue weighted by atomic mass is 10.0. The van der Waals surface area contributed by atoms with E-state index in [-0.39, 0.29) is 0 Å². The van der Waals surface area contributed by atoms with Crippen LogP contribution >= 0.6 is 0 Å². The van der Waals surface area contributed by atoms with Gasteiger partial charge in [0.2, 0.25) is 0 Å². The molecule has 0 fully saturated rings. The molecule has 19 heavy (non-hydrogen) atoms. The second kappa shape index (κ2) is 8.62. The molecule has 108 valence electrons. The van der Waals surface area contributed by atoms with Crippen molar-refractivity contribution in [2.45, 2.75) is 52.5 Å². The summed E-state index contributed by atoms with van der Waals surface area (Å²) in [7, 11) is 0. The van der Waals surface area contributed by atoms with Crippen LogP contribution in [-0.2, 0) is 6.42 Å². The highest BCUT2D eigenvalue weighted by Crippen LogP contribution is 2.08. The minimum absolute atomic E-state index is 0.381. The van der Waals surface area contributed by atoms with Crippen molar-refractivity contribution >= 4 is 5.96 Å². The van der Waals surface area contributed by atoms with Gasteiger partial charge in [0.15, 0.2) is 5.96 Å². The molecule has 1 aromatic heterocycles. The van der Waals surface area contributed by atoms with E-state index in [1.807, 2.05) is 12.1 Å². The molecule has 0 aromatic carbocycles. The van der Waals surface area contributed by atoms with Gasteiger partial charge in [-0.2, -0.15) is 0 Å². The molecule has 0 spiro atoms. The molecule has 0 amide bonds. The van der Waals surface area contributed by atoms with Gasteiger partial charge in [0.05, 0.1) is 6.26 Å². The van der Waals surface area contributed by atoms with Crippen LogP contribution in [-0.4, -0.2) is 18.5 Å². The van der Waals surface area contributed by atoms with Gasteiger partial charge in [-0.25, -0.2) is 0 Å². The summed E-state index contributed by atoms with van der Waals surface area (Å²) >= 11 is 0. The van der Waals surface area contributed by atoms with E-state index in [0.29, 0.717) is 18.5 Å². The molecule has 0 aliphatic rings. The fourth-order valence-corrected chi connectivity index (χ4v) is 1.94. The Hall–Kier alpha value is -1.45. The molecule has 0 aliphatic carbocycles. The van der Waals surface area contributed by atoms with Crippen molar-refractivity contribution in [3.63, 3.8) is 0 Å². The zero-order valence-corrected chi connectivity index (χ0v) is 12.4. The van der Waals surface area contributed by atoms with Gasteiger partial charge in [-0.1, -0.05) is 26.7 Å². The molecule has 0 bridgehead atoms. The number of aliphatic imine (C=N–C) groups is 1. The standard InChI is InChI=1S/C15H27N3O/c1-12(2)6-4-7-13(3)18-15(16)17-10-9-14-8-5-11-19-14/h5,8,11-13H,4,6-7,9-10H2,1-3H3,(H3,16,17,18). The van der Waals surface area contributed by atoms with Crippen LogP contribution in [0.2, 0.25) is 0 Å². The molecular formula is C15H27N3O. The van der Waals surface area contributed by atoms with E-state index < -0.39 is 0 Å². The van der Waals surface area contributed by atoms with Gasteiger partial charge in [0.25, 0.3) is 0 Å². The van der Waals surface area contributed by atoms with Crippen LogP contribution in [0.25, 0.3) is 0 Å². The Labute approximate surface area is 116 Å². The molecule has 1 aromatic rings. The van der Waals surface area contributed by atoms with E-state index in [1.54, 1.807) is 6.26 Å². The molecule has 1 heterocycles. The molecule has 4 heteroatoms. The van der Waals surface area contributed by atoms with Crippen molar-refractivity contribution in [1.82, 2.24) is 5.32 Å². The smallest absolute Gasteiger partial charge is 0.188 e. The zero-order valence-electron chi connectivity index (χ0n) is 12.4. The maximum absolute atomic E-state index is 5.85. The maximum Gasteiger partial charge on any atom is 0.188 e. The molecule has 1 rings (SSSR count). The molecular weight excluding hydrogens is 238 g/mol. The highest BCUT2D eigenvalue weighted by molar-refractivity contribution is 5.78. The monoisotopic (exact) mass is 265 g/mol. The Morgan fingerprint density at radius 2 is 2.16 bits per heavy atom. The van der Waals surface area contributed by atoms with Crippen molar-refractivity contribution in [3.05, 3.63) is 24.2 Å². The fourth-order valence-electron chi connectivity index (χ4n) is 1.94. The zero-order chi connectivity index (χ0) is 14.1. The van der Waals surface area contributed by atoms with Gasteiger partial charge < -0.3 is 15.5 Å². The molecule has 3 N–H and O–H groups in total. The van der Waals surface area contributed by atoms with Crippen molar-refractivity contribution in [3.8, 4) is 0 Å². The summed E-state index contributed by atoms with van der Waals surface area (Å²) in [5.41, 5.74) is 5.85. The minimum Gasteiger partial charge on any atom is -0.469 e. The molecule has 0 aliphatic heterocycles. The first-order valence-corrected chi connectivity index (χ1v) is 7.16. The first-order valence-electron chi connectivity index (χ1n) is 7.16. The van der Waals surface area contributed by atoms with Crippen LogP contribution in [0.5, 0.6) is 0 Å². The summed E-state index contributed by atoms with van der Waals surface area (Å²) in [5.74, 6) is 2.25. The summed E-state index contributed by atoms with van der Waals surface area (Å²) in [6.45, 7) is 7.31. The molecule has 1 unspecified atom stereocenters. The van der Waals surface area contributed by atoms with E-state index in [2.05, 4.69) is 31.1 Å². The first kappa shape index (κ1) is 15.6. The van der Waals surface area contributed by atoms with Gasteiger partial charge in [-0.05, 0) is 31.4 Å². The fraction of sp³-hybridized carbons (Fsp3) is 0.667. The lowest BCUT2D eigenvalue weighted by molar-refractivity contribution is 0.493. The van der Waals surface area contributed by atoms with Crippen LogP contribution in [0.1, 0.15) is 45.8 Å². The lowest BCUT2D eigenvalue weighted by Gasteiger charge is -2.14. The van der Waals surface area contributed by atoms with Crippen LogP contribution in [0.3, 0.4) is 0 Å². The van der Waals surface area contributed by atoms with Gasteiger partial charge in [0.1, 0.15) is 5.76 Å². The van der Waals surface area contributed by atoms with E-state index in [1.165, 1.54) is 12.8 Å². The van der Waals surface area contributed by atoms with Crippen LogP contribution in [0.15, 0.2) is 27.8 Å². The van der Waals surface area contributed by atoms with Gasteiger partial charge in [-0.15, -0.1) is 0 Å². The largest absolute Gasteiger partial charge is 0.469 e. The highest BCUT2D eigenvalue weighted by atomic mass is 16.3. The van der Waals surface area contributed by atoms with Crippen LogP contribution in [0.4, 0.5) is 0 Å². The third-order valence-corrected chi connectivity index (χ3v) is 3.03. The normalized spacial score (nSPS) is 13.8. The summed E-state index contributed by atoms with van der Waals surface area (Å²) in [4.78, 5) is 4.31. The maximum atomic E-state index is 5.85. The number of hydrogen-bond donors (Lipinski definition) is 2. The average molecular weight is 265 g/mol. The first-order chi connectivity index (χ1) is 9.08. The number of rotatable bonds is 8. The topological polar surface area (TPSA) is 63.5 Å². The number of nitrogens with two attached hydrogens (primary N) is 1. The van der Waals surface area contributed by atoms with Crippen molar-refractivity contribution in [1.29, 1.82) is 0 Å². The van der Waals surface area contributed by atoms with Gasteiger partial charge >= 0.3 is 0 Å². The van der Waals surface area contributed by atoms with E-state index in [4.69, 9.17) is 10.2 Å². The Kier molecular flexibility index (Phi) is 7.08. The van der Waals surface area contributed by atoms with Crippen molar-refractivity contribution in [2.24, 2.45) is 16.6 Å². The number of hydrogen-bond acceptors (Lipinski definition) is 2. The number of nitrogens with zero attached hydrogens (tertiary/aromatic N) is 1. The molecule has 0 saturated heterocycles. The molecule has 1 atom stereocenters. The molecule has 0 saturated carbocycles. The quantitative estimate of drug-likeness (QED) is 0.561. The van der Waals surface area contributed by atoms with Crippen molar-refractivity contribution in [2.75, 3.05) is 6.54 Å². The molecule has 0 radical (unpaired) electrons. The van der Waals surface area contributed by atoms with Gasteiger partial charge in [-0.3, -0.25) is 4.99 Å². The number of nitrogens with one attached hydrogen (secondary N) is 1. The second-order valence-electron chi connectivity index (χ2n) is 5.47. The van der Waals surface area contributed by atoms with E-state index >= 15 is 0 Å². The number of guanidine groups is 1. The summed E-state index contributed by atoms with van der Waals surface area (Å²) in [6, 6.07) is 4.22. The SMILES string of the molecule is CC(C)CCCC(C)NC(N)=NCCc1ccco1. The summed E-state index contributed by atoms with van der Waals surface area (Å²) < 4.78 is 5.24. The second-order valence-corrected chi connectivity index (χ2v) is 5.47. The Balaban J connectivity index is 2.16. The Morgan fingerprint density at radius 3 is 2.79 bits per heavy atom. The Morgan fingerprint density at radius 1 is 1.37 bits per heavy atom. The predicted octanol–water partition coefficient (Wildman–Crippen LogP) is 2.94. The van der Waals surface area contributed by atoms with Gasteiger partial charge in [0, 0.05) is 19.0 Å². The Bertz CT molecular complexity index is 357. The van der Waals surface area contributed by atoms with Crippen molar-refractivity contribution < 1.29 is 4.42 Å². The number of furan rings is 1. The van der Waals surface area contributed by atoms with E-state index in [9.17, 15) is 0 Å². The highest BCUT2D eigenvalue weighted by Gasteiger charge is 2.03. The minimum atomic E-state index is 0.381. The molecule has 4 nitrogen and oxygen atoms in total. The third kappa shape index (κ3) is 7.54. The van der Waals surface area contributed by atoms with Crippen LogP contribution < -0.4 is 11.1 Å². The average Bonchev–Trinajstić information content (AvgIpc) is 2.81. The summed E-state index contributed by atoms with van der Waals surface area (Å²) in [5, 5.41) is 3.23. The third-order valence-electron chi connectivity index (χ3n) is 3.03. The van der Waals surface area contributed by atoms with E-state index in [0.717, 1.165) is 24.5 Å².